The smallest absolute Gasteiger partial charge is 0.457 e. The maximum atomic E-state index is 12.9. The summed E-state index contributed by atoms with van der Waals surface area (Å²) < 4.78 is 65.2. The zero-order valence-electron chi connectivity index (χ0n) is 17.1. The summed E-state index contributed by atoms with van der Waals surface area (Å²) in [6.45, 7) is -0.444. The van der Waals surface area contributed by atoms with Gasteiger partial charge in [-0.2, -0.15) is 0 Å². The van der Waals surface area contributed by atoms with Crippen LogP contribution in [0.5, 0.6) is 17.2 Å². The van der Waals surface area contributed by atoms with Gasteiger partial charge in [0.05, 0.1) is 13.2 Å². The SMILES string of the molecule is NC(COCc1ccccc1OC(F)(F)F)C(=O)Nc1ccc(Oc2ccc(F)cc2)cc1. The molecule has 3 rings (SSSR count). The van der Waals surface area contributed by atoms with Gasteiger partial charge in [-0.05, 0) is 54.6 Å². The van der Waals surface area contributed by atoms with E-state index in [0.717, 1.165) is 0 Å². The van der Waals surface area contributed by atoms with Crippen molar-refractivity contribution >= 4 is 11.6 Å². The molecule has 174 valence electrons. The Hall–Kier alpha value is -3.63. The van der Waals surface area contributed by atoms with E-state index < -0.39 is 18.3 Å². The van der Waals surface area contributed by atoms with Crippen LogP contribution < -0.4 is 20.5 Å². The van der Waals surface area contributed by atoms with Crippen LogP contribution in [-0.2, 0) is 16.1 Å². The van der Waals surface area contributed by atoms with Gasteiger partial charge in [0.2, 0.25) is 5.91 Å². The average Bonchev–Trinajstić information content (AvgIpc) is 2.76. The number of ether oxygens (including phenoxy) is 3. The summed E-state index contributed by atoms with van der Waals surface area (Å²) in [5, 5.41) is 2.61. The standard InChI is InChI=1S/C23H20F4N2O4/c24-16-5-9-18(10-6-16)32-19-11-7-17(8-12-19)29-22(30)20(28)14-31-13-15-3-1-2-4-21(15)33-23(25,26)27/h1-12,20H,13-14,28H2,(H,29,30). The Morgan fingerprint density at radius 1 is 0.939 bits per heavy atom. The lowest BCUT2D eigenvalue weighted by Gasteiger charge is -2.15. The van der Waals surface area contributed by atoms with Gasteiger partial charge in [0, 0.05) is 11.3 Å². The van der Waals surface area contributed by atoms with E-state index in [1.807, 2.05) is 0 Å². The number of nitrogens with one attached hydrogen (secondary N) is 1. The van der Waals surface area contributed by atoms with Crippen LogP contribution in [0.15, 0.2) is 72.8 Å². The Balaban J connectivity index is 1.47. The Morgan fingerprint density at radius 3 is 2.18 bits per heavy atom. The molecule has 0 aliphatic rings. The summed E-state index contributed by atoms with van der Waals surface area (Å²) in [5.41, 5.74) is 6.43. The molecule has 10 heteroatoms. The quantitative estimate of drug-likeness (QED) is 0.436. The van der Waals surface area contributed by atoms with E-state index in [1.54, 1.807) is 24.3 Å². The molecule has 0 bridgehead atoms. The Kier molecular flexibility index (Phi) is 7.86. The molecule has 0 spiro atoms. The van der Waals surface area contributed by atoms with Crippen molar-refractivity contribution in [3.8, 4) is 17.2 Å². The van der Waals surface area contributed by atoms with Crippen LogP contribution in [0.1, 0.15) is 5.56 Å². The molecule has 3 aromatic carbocycles. The Labute approximate surface area is 186 Å². The van der Waals surface area contributed by atoms with E-state index >= 15 is 0 Å². The van der Waals surface area contributed by atoms with Gasteiger partial charge < -0.3 is 25.3 Å². The molecule has 3 aromatic rings. The molecule has 33 heavy (non-hydrogen) atoms. The molecule has 0 aliphatic heterocycles. The highest BCUT2D eigenvalue weighted by Crippen LogP contribution is 2.27. The third-order valence-electron chi connectivity index (χ3n) is 4.26. The Morgan fingerprint density at radius 2 is 1.55 bits per heavy atom. The highest BCUT2D eigenvalue weighted by molar-refractivity contribution is 5.94. The number of hydrogen-bond donors (Lipinski definition) is 2. The lowest BCUT2D eigenvalue weighted by molar-refractivity contribution is -0.275. The second-order valence-corrected chi connectivity index (χ2v) is 6.85. The van der Waals surface area contributed by atoms with Crippen molar-refractivity contribution in [3.63, 3.8) is 0 Å². The lowest BCUT2D eigenvalue weighted by Crippen LogP contribution is -2.39. The summed E-state index contributed by atoms with van der Waals surface area (Å²) in [7, 11) is 0. The predicted molar refractivity (Wildman–Crippen MR) is 112 cm³/mol. The number of nitrogens with two attached hydrogens (primary N) is 1. The van der Waals surface area contributed by atoms with Gasteiger partial charge in [-0.15, -0.1) is 13.2 Å². The molecule has 0 radical (unpaired) electrons. The van der Waals surface area contributed by atoms with Gasteiger partial charge in [0.1, 0.15) is 29.1 Å². The molecule has 3 N–H and O–H groups in total. The average molecular weight is 464 g/mol. The molecule has 0 fully saturated rings. The van der Waals surface area contributed by atoms with Crippen LogP contribution in [0.3, 0.4) is 0 Å². The van der Waals surface area contributed by atoms with E-state index in [4.69, 9.17) is 15.2 Å². The van der Waals surface area contributed by atoms with Gasteiger partial charge in [0.15, 0.2) is 0 Å². The predicted octanol–water partition coefficient (Wildman–Crippen LogP) is 5.00. The van der Waals surface area contributed by atoms with E-state index in [-0.39, 0.29) is 30.3 Å². The van der Waals surface area contributed by atoms with E-state index in [9.17, 15) is 22.4 Å². The van der Waals surface area contributed by atoms with Crippen LogP contribution in [0.25, 0.3) is 0 Å². The van der Waals surface area contributed by atoms with Crippen molar-refractivity contribution in [3.05, 3.63) is 84.2 Å². The molecule has 6 nitrogen and oxygen atoms in total. The van der Waals surface area contributed by atoms with E-state index in [0.29, 0.717) is 17.2 Å². The number of benzene rings is 3. The third-order valence-corrected chi connectivity index (χ3v) is 4.26. The number of hydrogen-bond acceptors (Lipinski definition) is 5. The van der Waals surface area contributed by atoms with Gasteiger partial charge in [-0.1, -0.05) is 18.2 Å². The number of carbonyl (C=O) groups excluding carboxylic acids is 1. The molecule has 0 aromatic heterocycles. The topological polar surface area (TPSA) is 82.8 Å². The highest BCUT2D eigenvalue weighted by Gasteiger charge is 2.32. The van der Waals surface area contributed by atoms with Crippen LogP contribution in [0.4, 0.5) is 23.2 Å². The molecule has 0 saturated carbocycles. The van der Waals surface area contributed by atoms with Gasteiger partial charge in [-0.25, -0.2) is 4.39 Å². The van der Waals surface area contributed by atoms with Crippen molar-refractivity contribution in [1.82, 2.24) is 0 Å². The number of alkyl halides is 3. The van der Waals surface area contributed by atoms with Crippen molar-refractivity contribution in [2.24, 2.45) is 5.73 Å². The minimum absolute atomic E-state index is 0.166. The first kappa shape index (κ1) is 24.0. The molecule has 0 aliphatic carbocycles. The number of amides is 1. The molecule has 0 heterocycles. The zero-order chi connectivity index (χ0) is 23.8. The highest BCUT2D eigenvalue weighted by atomic mass is 19.4. The first-order valence-electron chi connectivity index (χ1n) is 9.71. The van der Waals surface area contributed by atoms with Crippen LogP contribution in [0.2, 0.25) is 0 Å². The van der Waals surface area contributed by atoms with Crippen molar-refractivity contribution in [2.45, 2.75) is 19.0 Å². The summed E-state index contributed by atoms with van der Waals surface area (Å²) in [6.07, 6.45) is -4.83. The zero-order valence-corrected chi connectivity index (χ0v) is 17.1. The molecular weight excluding hydrogens is 444 g/mol. The van der Waals surface area contributed by atoms with Crippen LogP contribution >= 0.6 is 0 Å². The number of para-hydroxylation sites is 1. The number of anilines is 1. The molecular formula is C23H20F4N2O4. The third kappa shape index (κ3) is 7.78. The molecule has 1 amide bonds. The second kappa shape index (κ2) is 10.8. The van der Waals surface area contributed by atoms with Crippen molar-refractivity contribution in [1.29, 1.82) is 0 Å². The van der Waals surface area contributed by atoms with Gasteiger partial charge in [0.25, 0.3) is 0 Å². The second-order valence-electron chi connectivity index (χ2n) is 6.85. The van der Waals surface area contributed by atoms with Gasteiger partial charge >= 0.3 is 6.36 Å². The lowest BCUT2D eigenvalue weighted by atomic mass is 10.2. The fraction of sp³-hybridized carbons (Fsp3) is 0.174. The fourth-order valence-corrected chi connectivity index (χ4v) is 2.70. The molecule has 1 atom stereocenters. The molecule has 0 saturated heterocycles. The maximum absolute atomic E-state index is 12.9. The number of rotatable bonds is 9. The first-order chi connectivity index (χ1) is 15.7. The largest absolute Gasteiger partial charge is 0.573 e. The summed E-state index contributed by atoms with van der Waals surface area (Å²) in [6, 6.07) is 16.4. The number of carbonyl (C=O) groups is 1. The monoisotopic (exact) mass is 464 g/mol. The normalized spacial score (nSPS) is 12.2. The van der Waals surface area contributed by atoms with Gasteiger partial charge in [-0.3, -0.25) is 4.79 Å². The molecule has 1 unspecified atom stereocenters. The maximum Gasteiger partial charge on any atom is 0.573 e. The summed E-state index contributed by atoms with van der Waals surface area (Å²) in [4.78, 5) is 12.3. The van der Waals surface area contributed by atoms with Crippen LogP contribution in [0, 0.1) is 5.82 Å². The summed E-state index contributed by atoms with van der Waals surface area (Å²) in [5.74, 6) is -0.367. The van der Waals surface area contributed by atoms with Crippen molar-refractivity contribution < 1.29 is 36.6 Å². The van der Waals surface area contributed by atoms with Crippen molar-refractivity contribution in [2.75, 3.05) is 11.9 Å². The minimum atomic E-state index is -4.83. The van der Waals surface area contributed by atoms with E-state index in [1.165, 1.54) is 48.5 Å². The minimum Gasteiger partial charge on any atom is -0.457 e. The fourth-order valence-electron chi connectivity index (χ4n) is 2.70. The Bertz CT molecular complexity index is 1060. The van der Waals surface area contributed by atoms with E-state index in [2.05, 4.69) is 10.1 Å². The van der Waals surface area contributed by atoms with Crippen LogP contribution in [-0.4, -0.2) is 24.9 Å². The number of halogens is 4. The first-order valence-corrected chi connectivity index (χ1v) is 9.71. The summed E-state index contributed by atoms with van der Waals surface area (Å²) >= 11 is 0.